The van der Waals surface area contributed by atoms with Gasteiger partial charge in [-0.1, -0.05) is 24.5 Å². The third-order valence-electron chi connectivity index (χ3n) is 4.23. The minimum atomic E-state index is -0.0197. The molecule has 0 radical (unpaired) electrons. The predicted octanol–water partition coefficient (Wildman–Crippen LogP) is 1.68. The Bertz CT molecular complexity index is 654. The maximum atomic E-state index is 11.3. The van der Waals surface area contributed by atoms with E-state index in [1.54, 1.807) is 6.26 Å². The summed E-state index contributed by atoms with van der Waals surface area (Å²) in [4.78, 5) is 13.6. The van der Waals surface area contributed by atoms with Crippen LogP contribution >= 0.6 is 12.6 Å². The summed E-state index contributed by atoms with van der Waals surface area (Å²) >= 11 is 3.53. The summed E-state index contributed by atoms with van der Waals surface area (Å²) in [5.74, 6) is 0.125. The molecule has 2 N–H and O–H groups in total. The van der Waals surface area contributed by atoms with Crippen LogP contribution in [0.2, 0.25) is 0 Å². The van der Waals surface area contributed by atoms with Gasteiger partial charge in [0.05, 0.1) is 18.8 Å². The molecule has 1 amide bonds. The van der Waals surface area contributed by atoms with Gasteiger partial charge in [-0.15, -0.1) is 0 Å². The number of piperazine rings is 1. The highest BCUT2D eigenvalue weighted by Crippen LogP contribution is 2.21. The number of amides is 1. The Hall–Kier alpha value is -2.11. The summed E-state index contributed by atoms with van der Waals surface area (Å²) in [6.07, 6.45) is 2.18. The molecule has 3 rings (SSSR count). The number of carbonyl (C=O) groups excluding carboxylic acids is 1. The molecule has 24 heavy (non-hydrogen) atoms. The summed E-state index contributed by atoms with van der Waals surface area (Å²) in [5.41, 5.74) is 5.74. The highest BCUT2D eigenvalue weighted by Gasteiger charge is 2.22. The number of carbonyl (C=O) groups is 1. The number of hydrogen-bond donors (Lipinski definition) is 3. The SMILES string of the molecule is CC1CC(=O)NN=C1c1ccc(N2CC[N+](=C=N)CC2)cc1.CS. The first-order valence-corrected chi connectivity index (χ1v) is 8.90. The van der Waals surface area contributed by atoms with E-state index in [4.69, 9.17) is 5.41 Å². The maximum absolute atomic E-state index is 11.3. The molecule has 1 aromatic carbocycles. The fourth-order valence-corrected chi connectivity index (χ4v) is 2.92. The molecular weight excluding hydrogens is 322 g/mol. The van der Waals surface area contributed by atoms with E-state index in [2.05, 4.69) is 58.3 Å². The van der Waals surface area contributed by atoms with Crippen LogP contribution in [0.25, 0.3) is 0 Å². The van der Waals surface area contributed by atoms with Crippen molar-refractivity contribution in [3.05, 3.63) is 29.8 Å². The van der Waals surface area contributed by atoms with Crippen LogP contribution in [0, 0.1) is 11.3 Å². The van der Waals surface area contributed by atoms with Crippen LogP contribution in [0.4, 0.5) is 5.69 Å². The van der Waals surface area contributed by atoms with Crippen LogP contribution in [0.1, 0.15) is 18.9 Å². The average Bonchev–Trinajstić information content (AvgIpc) is 2.64. The minimum Gasteiger partial charge on any atom is -0.364 e. The Morgan fingerprint density at radius 2 is 1.92 bits per heavy atom. The van der Waals surface area contributed by atoms with Gasteiger partial charge in [-0.25, -0.2) is 10.0 Å². The van der Waals surface area contributed by atoms with Crippen molar-refractivity contribution in [2.45, 2.75) is 13.3 Å². The molecule has 2 heterocycles. The van der Waals surface area contributed by atoms with E-state index in [-0.39, 0.29) is 11.8 Å². The zero-order valence-corrected chi connectivity index (χ0v) is 15.0. The molecule has 2 aliphatic rings. The van der Waals surface area contributed by atoms with Crippen LogP contribution in [0.15, 0.2) is 29.4 Å². The van der Waals surface area contributed by atoms with Crippen molar-refractivity contribution in [1.82, 2.24) is 5.43 Å². The van der Waals surface area contributed by atoms with Gasteiger partial charge in [0.15, 0.2) is 0 Å². The van der Waals surface area contributed by atoms with Gasteiger partial charge in [-0.2, -0.15) is 17.7 Å². The average molecular weight is 346 g/mol. The fraction of sp³-hybridized carbons (Fsp3) is 0.471. The number of nitrogens with one attached hydrogen (secondary N) is 2. The molecule has 0 bridgehead atoms. The molecule has 6 nitrogen and oxygen atoms in total. The second-order valence-electron chi connectivity index (χ2n) is 5.77. The fourth-order valence-electron chi connectivity index (χ4n) is 2.92. The lowest BCUT2D eigenvalue weighted by Gasteiger charge is -2.28. The van der Waals surface area contributed by atoms with Crippen molar-refractivity contribution in [2.24, 2.45) is 11.0 Å². The van der Waals surface area contributed by atoms with Crippen LogP contribution in [0.3, 0.4) is 0 Å². The Morgan fingerprint density at radius 1 is 1.29 bits per heavy atom. The quantitative estimate of drug-likeness (QED) is 0.433. The largest absolute Gasteiger partial charge is 0.364 e. The highest BCUT2D eigenvalue weighted by atomic mass is 32.1. The van der Waals surface area contributed by atoms with Gasteiger partial charge in [0.25, 0.3) is 0 Å². The van der Waals surface area contributed by atoms with Crippen LogP contribution < -0.4 is 10.3 Å². The number of hydrogen-bond acceptors (Lipinski definition) is 5. The number of nitrogens with zero attached hydrogens (tertiary/aromatic N) is 3. The zero-order chi connectivity index (χ0) is 17.5. The minimum absolute atomic E-state index is 0.0197. The van der Waals surface area contributed by atoms with E-state index in [1.807, 2.05) is 11.5 Å². The lowest BCUT2D eigenvalue weighted by atomic mass is 9.94. The molecule has 0 spiro atoms. The molecule has 1 aromatic rings. The topological polar surface area (TPSA) is 71.6 Å². The summed E-state index contributed by atoms with van der Waals surface area (Å²) in [6.45, 7) is 5.50. The molecule has 0 saturated carbocycles. The lowest BCUT2D eigenvalue weighted by Crippen LogP contribution is -2.41. The summed E-state index contributed by atoms with van der Waals surface area (Å²) in [7, 11) is 0. The second kappa shape index (κ2) is 8.66. The molecular formula is C17H24N5OS+. The summed E-state index contributed by atoms with van der Waals surface area (Å²) < 4.78 is 1.89. The maximum Gasteiger partial charge on any atom is 0.303 e. The van der Waals surface area contributed by atoms with Gasteiger partial charge >= 0.3 is 6.01 Å². The van der Waals surface area contributed by atoms with Crippen molar-refractivity contribution in [3.63, 3.8) is 0 Å². The molecule has 1 saturated heterocycles. The first-order chi connectivity index (χ1) is 11.7. The third kappa shape index (κ3) is 4.24. The molecule has 0 aliphatic carbocycles. The molecule has 7 heteroatoms. The van der Waals surface area contributed by atoms with Crippen LogP contribution in [-0.2, 0) is 4.79 Å². The smallest absolute Gasteiger partial charge is 0.303 e. The third-order valence-corrected chi connectivity index (χ3v) is 4.23. The first kappa shape index (κ1) is 18.2. The van der Waals surface area contributed by atoms with Crippen molar-refractivity contribution in [2.75, 3.05) is 37.3 Å². The Morgan fingerprint density at radius 3 is 2.46 bits per heavy atom. The normalized spacial score (nSPS) is 20.4. The van der Waals surface area contributed by atoms with Crippen molar-refractivity contribution in [3.8, 4) is 0 Å². The standard InChI is InChI=1S/C16H19N5O.CH4S/c1-12-10-15(22)18-19-16(12)13-2-4-14(5-3-13)21-8-6-20(11-17)7-9-21;1-2/h2-5,12,17H,6-10H2,1H3;2H,1H3/p+1. The number of thiol groups is 1. The van der Waals surface area contributed by atoms with E-state index in [9.17, 15) is 4.79 Å². The van der Waals surface area contributed by atoms with E-state index < -0.39 is 0 Å². The van der Waals surface area contributed by atoms with Crippen LogP contribution in [0.5, 0.6) is 0 Å². The molecule has 0 aromatic heterocycles. The molecule has 1 atom stereocenters. The van der Waals surface area contributed by atoms with E-state index >= 15 is 0 Å². The molecule has 1 unspecified atom stereocenters. The van der Waals surface area contributed by atoms with Gasteiger partial charge in [0.2, 0.25) is 5.91 Å². The number of hydrazone groups is 1. The van der Waals surface area contributed by atoms with Gasteiger partial charge in [-0.3, -0.25) is 4.79 Å². The lowest BCUT2D eigenvalue weighted by molar-refractivity contribution is -0.523. The van der Waals surface area contributed by atoms with Gasteiger partial charge < -0.3 is 4.90 Å². The van der Waals surface area contributed by atoms with Crippen molar-refractivity contribution >= 4 is 35.9 Å². The monoisotopic (exact) mass is 346 g/mol. The van der Waals surface area contributed by atoms with E-state index in [0.29, 0.717) is 6.42 Å². The molecule has 1 fully saturated rings. The second-order valence-corrected chi connectivity index (χ2v) is 5.77. The number of benzene rings is 1. The van der Waals surface area contributed by atoms with E-state index in [0.717, 1.165) is 37.5 Å². The van der Waals surface area contributed by atoms with Gasteiger partial charge in [-0.05, 0) is 24.0 Å². The molecule has 128 valence electrons. The summed E-state index contributed by atoms with van der Waals surface area (Å²) in [5, 5.41) is 11.3. The van der Waals surface area contributed by atoms with E-state index in [1.165, 1.54) is 5.69 Å². The highest BCUT2D eigenvalue weighted by molar-refractivity contribution is 7.79. The Kier molecular flexibility index (Phi) is 6.58. The predicted molar refractivity (Wildman–Crippen MR) is 99.7 cm³/mol. The Labute approximate surface area is 148 Å². The van der Waals surface area contributed by atoms with Gasteiger partial charge in [0.1, 0.15) is 13.1 Å². The van der Waals surface area contributed by atoms with Crippen LogP contribution in [-0.4, -0.2) is 54.6 Å². The molecule has 2 aliphatic heterocycles. The number of rotatable bonds is 2. The van der Waals surface area contributed by atoms with Crippen molar-refractivity contribution in [1.29, 1.82) is 5.41 Å². The first-order valence-electron chi connectivity index (χ1n) is 8.01. The van der Waals surface area contributed by atoms with Crippen molar-refractivity contribution < 1.29 is 9.37 Å². The zero-order valence-electron chi connectivity index (χ0n) is 14.1. The Balaban J connectivity index is 0.00000100. The summed E-state index contributed by atoms with van der Waals surface area (Å²) in [6, 6.07) is 10.8. The van der Waals surface area contributed by atoms with Gasteiger partial charge in [0, 0.05) is 18.0 Å². The number of anilines is 1.